The molecule has 0 aliphatic carbocycles. The highest BCUT2D eigenvalue weighted by molar-refractivity contribution is 9.10. The van der Waals surface area contributed by atoms with Gasteiger partial charge in [0.2, 0.25) is 0 Å². The van der Waals surface area contributed by atoms with Crippen LogP contribution in [0.1, 0.15) is 33.6 Å². The summed E-state index contributed by atoms with van der Waals surface area (Å²) in [6, 6.07) is 3.90. The molecule has 1 aliphatic rings. The van der Waals surface area contributed by atoms with E-state index in [9.17, 15) is 0 Å². The molecule has 0 unspecified atom stereocenters. The molecule has 1 aromatic heterocycles. The van der Waals surface area contributed by atoms with Gasteiger partial charge in [-0.2, -0.15) is 0 Å². The van der Waals surface area contributed by atoms with Crippen LogP contribution in [0.3, 0.4) is 0 Å². The number of rotatable bonds is 1. The van der Waals surface area contributed by atoms with Crippen LogP contribution in [0.2, 0.25) is 0 Å². The zero-order valence-electron chi connectivity index (χ0n) is 12.3. The minimum absolute atomic E-state index is 0.374. The van der Waals surface area contributed by atoms with Gasteiger partial charge in [0.05, 0.1) is 11.2 Å². The van der Waals surface area contributed by atoms with Crippen molar-refractivity contribution in [1.29, 1.82) is 0 Å². The van der Waals surface area contributed by atoms with Gasteiger partial charge >= 0.3 is 7.12 Å². The molecule has 0 bridgehead atoms. The maximum atomic E-state index is 6.09. The minimum Gasteiger partial charge on any atom is -0.441 e. The van der Waals surface area contributed by atoms with E-state index in [1.54, 1.807) is 0 Å². The van der Waals surface area contributed by atoms with E-state index in [-0.39, 0.29) is 11.2 Å². The van der Waals surface area contributed by atoms with Crippen LogP contribution < -0.4 is 5.46 Å². The van der Waals surface area contributed by atoms with E-state index in [0.29, 0.717) is 5.89 Å². The lowest BCUT2D eigenvalue weighted by atomic mass is 9.78. The van der Waals surface area contributed by atoms with Crippen LogP contribution in [-0.2, 0) is 9.31 Å². The molecule has 3 rings (SSSR count). The second-order valence-corrected chi connectivity index (χ2v) is 7.08. The third-order valence-electron chi connectivity index (χ3n) is 4.10. The first kappa shape index (κ1) is 14.1. The van der Waals surface area contributed by atoms with Gasteiger partial charge in [0, 0.05) is 16.9 Å². The molecule has 2 aromatic rings. The van der Waals surface area contributed by atoms with E-state index >= 15 is 0 Å². The molecule has 1 saturated heterocycles. The van der Waals surface area contributed by atoms with Crippen molar-refractivity contribution in [1.82, 2.24) is 4.98 Å². The molecule has 1 fully saturated rings. The van der Waals surface area contributed by atoms with E-state index < -0.39 is 7.12 Å². The Balaban J connectivity index is 2.12. The lowest BCUT2D eigenvalue weighted by molar-refractivity contribution is 0.00578. The van der Waals surface area contributed by atoms with Crippen molar-refractivity contribution in [3.63, 3.8) is 0 Å². The average molecular weight is 338 g/mol. The topological polar surface area (TPSA) is 44.5 Å². The Morgan fingerprint density at radius 3 is 2.30 bits per heavy atom. The van der Waals surface area contributed by atoms with Crippen molar-refractivity contribution in [2.45, 2.75) is 45.8 Å². The summed E-state index contributed by atoms with van der Waals surface area (Å²) in [5.41, 5.74) is 1.65. The van der Waals surface area contributed by atoms with Gasteiger partial charge < -0.3 is 13.7 Å². The number of oxazole rings is 1. The van der Waals surface area contributed by atoms with Gasteiger partial charge in [-0.05, 0) is 39.8 Å². The lowest BCUT2D eigenvalue weighted by Gasteiger charge is -2.32. The summed E-state index contributed by atoms with van der Waals surface area (Å²) in [4.78, 5) is 4.37. The van der Waals surface area contributed by atoms with Crippen molar-refractivity contribution in [2.75, 3.05) is 0 Å². The fraction of sp³-hybridized carbons (Fsp3) is 0.500. The standard InChI is InChI=1S/C14H17BBrNO3/c1-8-17-11-7-9(16)6-10(12(11)18-8)15-19-13(2,3)14(4,5)20-15/h6-7H,1-5H3. The Hall–Kier alpha value is -0.845. The molecule has 0 saturated carbocycles. The summed E-state index contributed by atoms with van der Waals surface area (Å²) in [7, 11) is -0.452. The zero-order valence-corrected chi connectivity index (χ0v) is 13.9. The van der Waals surface area contributed by atoms with E-state index in [2.05, 4.69) is 20.9 Å². The second kappa shape index (κ2) is 4.32. The molecule has 0 radical (unpaired) electrons. The number of benzene rings is 1. The molecule has 4 nitrogen and oxygen atoms in total. The Kier molecular flexibility index (Phi) is 3.05. The van der Waals surface area contributed by atoms with Crippen LogP contribution in [0.4, 0.5) is 0 Å². The molecule has 6 heteroatoms. The van der Waals surface area contributed by atoms with Crippen molar-refractivity contribution in [2.24, 2.45) is 0 Å². The quantitative estimate of drug-likeness (QED) is 0.749. The Labute approximate surface area is 127 Å². The molecule has 0 atom stereocenters. The molecule has 0 N–H and O–H groups in total. The predicted molar refractivity (Wildman–Crippen MR) is 82.2 cm³/mol. The van der Waals surface area contributed by atoms with Crippen LogP contribution in [0.25, 0.3) is 11.1 Å². The van der Waals surface area contributed by atoms with Gasteiger partial charge in [0.1, 0.15) is 5.52 Å². The normalized spacial score (nSPS) is 20.8. The molecule has 2 heterocycles. The van der Waals surface area contributed by atoms with Crippen molar-refractivity contribution in [3.8, 4) is 0 Å². The van der Waals surface area contributed by atoms with Gasteiger partial charge in [-0.25, -0.2) is 4.98 Å². The summed E-state index contributed by atoms with van der Waals surface area (Å²) in [6.07, 6.45) is 0. The average Bonchev–Trinajstić information content (AvgIpc) is 2.75. The lowest BCUT2D eigenvalue weighted by Crippen LogP contribution is -2.41. The Morgan fingerprint density at radius 2 is 1.70 bits per heavy atom. The third kappa shape index (κ3) is 2.10. The number of halogens is 1. The number of fused-ring (bicyclic) bond motifs is 1. The second-order valence-electron chi connectivity index (χ2n) is 6.16. The summed E-state index contributed by atoms with van der Waals surface area (Å²) >= 11 is 3.50. The number of aromatic nitrogens is 1. The monoisotopic (exact) mass is 337 g/mol. The smallest absolute Gasteiger partial charge is 0.441 e. The van der Waals surface area contributed by atoms with Gasteiger partial charge in [0.25, 0.3) is 0 Å². The molecule has 106 valence electrons. The number of hydrogen-bond acceptors (Lipinski definition) is 4. The molecule has 20 heavy (non-hydrogen) atoms. The largest absolute Gasteiger partial charge is 0.498 e. The molecular formula is C14H17BBrNO3. The third-order valence-corrected chi connectivity index (χ3v) is 4.56. The Morgan fingerprint density at radius 1 is 1.10 bits per heavy atom. The van der Waals surface area contributed by atoms with Gasteiger partial charge in [-0.15, -0.1) is 0 Å². The van der Waals surface area contributed by atoms with E-state index in [4.69, 9.17) is 13.7 Å². The fourth-order valence-corrected chi connectivity index (χ4v) is 2.74. The highest BCUT2D eigenvalue weighted by Gasteiger charge is 2.52. The number of nitrogens with zero attached hydrogens (tertiary/aromatic N) is 1. The minimum atomic E-state index is -0.452. The number of hydrogen-bond donors (Lipinski definition) is 0. The SMILES string of the molecule is Cc1nc2cc(Br)cc(B3OC(C)(C)C(C)(C)O3)c2o1. The summed E-state index contributed by atoms with van der Waals surface area (Å²) in [5.74, 6) is 0.635. The van der Waals surface area contributed by atoms with Crippen LogP contribution >= 0.6 is 15.9 Å². The van der Waals surface area contributed by atoms with Gasteiger partial charge in [-0.1, -0.05) is 15.9 Å². The van der Waals surface area contributed by atoms with E-state index in [0.717, 1.165) is 21.0 Å². The molecule has 0 spiro atoms. The van der Waals surface area contributed by atoms with Gasteiger partial charge in [-0.3, -0.25) is 0 Å². The summed E-state index contributed by atoms with van der Waals surface area (Å²) in [5, 5.41) is 0. The molecule has 1 aromatic carbocycles. The molecule has 1 aliphatic heterocycles. The van der Waals surface area contributed by atoms with Crippen molar-refractivity contribution < 1.29 is 13.7 Å². The van der Waals surface area contributed by atoms with Crippen LogP contribution in [0, 0.1) is 6.92 Å². The van der Waals surface area contributed by atoms with Crippen LogP contribution in [-0.4, -0.2) is 23.3 Å². The first-order valence-corrected chi connectivity index (χ1v) is 7.41. The highest BCUT2D eigenvalue weighted by atomic mass is 79.9. The first-order valence-electron chi connectivity index (χ1n) is 6.62. The maximum Gasteiger partial charge on any atom is 0.498 e. The fourth-order valence-electron chi connectivity index (χ4n) is 2.28. The van der Waals surface area contributed by atoms with Crippen LogP contribution in [0.15, 0.2) is 21.0 Å². The number of aryl methyl sites for hydroxylation is 1. The maximum absolute atomic E-state index is 6.09. The molecular weight excluding hydrogens is 321 g/mol. The summed E-state index contributed by atoms with van der Waals surface area (Å²) in [6.45, 7) is 9.98. The summed E-state index contributed by atoms with van der Waals surface area (Å²) < 4.78 is 18.8. The molecule has 0 amide bonds. The first-order chi connectivity index (χ1) is 9.19. The van der Waals surface area contributed by atoms with E-state index in [1.165, 1.54) is 0 Å². The van der Waals surface area contributed by atoms with Crippen molar-refractivity contribution in [3.05, 3.63) is 22.5 Å². The predicted octanol–water partition coefficient (Wildman–Crippen LogP) is 3.20. The zero-order chi connectivity index (χ0) is 14.7. The van der Waals surface area contributed by atoms with Crippen molar-refractivity contribution >= 4 is 39.6 Å². The van der Waals surface area contributed by atoms with E-state index in [1.807, 2.05) is 46.8 Å². The van der Waals surface area contributed by atoms with Crippen LogP contribution in [0.5, 0.6) is 0 Å². The highest BCUT2D eigenvalue weighted by Crippen LogP contribution is 2.37. The Bertz CT molecular complexity index is 664. The van der Waals surface area contributed by atoms with Gasteiger partial charge in [0.15, 0.2) is 11.5 Å².